The van der Waals surface area contributed by atoms with Crippen molar-refractivity contribution in [3.63, 3.8) is 0 Å². The summed E-state index contributed by atoms with van der Waals surface area (Å²) in [5.74, 6) is 0. The Hall–Kier alpha value is -4.38. The zero-order chi connectivity index (χ0) is 20.9. The number of hydrogen-bond donors (Lipinski definition) is 2. The van der Waals surface area contributed by atoms with Gasteiger partial charge >= 0.3 is 0 Å². The Morgan fingerprint density at radius 2 is 0.839 bits per heavy atom. The van der Waals surface area contributed by atoms with Crippen molar-refractivity contribution in [2.24, 2.45) is 0 Å². The number of para-hydroxylation sites is 4. The van der Waals surface area contributed by atoms with Crippen LogP contribution < -0.4 is 0 Å². The fourth-order valence-electron chi connectivity index (χ4n) is 3.73. The first-order chi connectivity index (χ1) is 15.4. The van der Waals surface area contributed by atoms with Crippen molar-refractivity contribution >= 4 is 43.6 Å². The van der Waals surface area contributed by atoms with Crippen molar-refractivity contribution in [3.8, 4) is 0 Å². The second-order valence-electron chi connectivity index (χ2n) is 7.02. The van der Waals surface area contributed by atoms with Crippen LogP contribution in [-0.4, -0.2) is 20.3 Å². The lowest BCUT2D eigenvalue weighted by Crippen LogP contribution is -1.62. The fraction of sp³-hybridized carbons (Fsp3) is 0. The van der Waals surface area contributed by atoms with Crippen LogP contribution in [-0.2, 0) is 0 Å². The second kappa shape index (κ2) is 8.55. The lowest BCUT2D eigenvalue weighted by atomic mass is 10.2. The molecule has 0 radical (unpaired) electrons. The van der Waals surface area contributed by atoms with Gasteiger partial charge in [-0.05, 0) is 24.3 Å². The number of nitrogens with one attached hydrogen (secondary N) is 2. The zero-order valence-corrected chi connectivity index (χ0v) is 16.7. The second-order valence-corrected chi connectivity index (χ2v) is 7.02. The highest BCUT2D eigenvalue weighted by atomic mass is 16.5. The molecule has 0 fully saturated rings. The summed E-state index contributed by atoms with van der Waals surface area (Å²) in [5, 5.41) is 11.6. The van der Waals surface area contributed by atoms with Crippen molar-refractivity contribution in [1.82, 2.24) is 20.3 Å². The van der Waals surface area contributed by atoms with Crippen LogP contribution in [0.25, 0.3) is 43.6 Å². The van der Waals surface area contributed by atoms with Gasteiger partial charge in [0.15, 0.2) is 0 Å². The van der Waals surface area contributed by atoms with E-state index in [1.54, 1.807) is 0 Å². The number of benzene rings is 4. The molecule has 0 atom stereocenters. The molecule has 7 aromatic rings. The van der Waals surface area contributed by atoms with E-state index in [0.717, 1.165) is 0 Å². The summed E-state index contributed by atoms with van der Waals surface area (Å²) < 4.78 is 4.22. The van der Waals surface area contributed by atoms with Crippen LogP contribution >= 0.6 is 0 Å². The highest BCUT2D eigenvalue weighted by Crippen LogP contribution is 2.25. The van der Waals surface area contributed by atoms with E-state index in [-0.39, 0.29) is 0 Å². The molecule has 0 aliphatic heterocycles. The maximum Gasteiger partial charge on any atom is 0.144 e. The van der Waals surface area contributed by atoms with Crippen LogP contribution in [0.1, 0.15) is 0 Å². The predicted molar refractivity (Wildman–Crippen MR) is 126 cm³/mol. The van der Waals surface area contributed by atoms with Gasteiger partial charge in [0.05, 0.1) is 6.20 Å². The molecule has 0 bridgehead atoms. The summed E-state index contributed by atoms with van der Waals surface area (Å²) >= 11 is 0. The van der Waals surface area contributed by atoms with Gasteiger partial charge in [0.25, 0.3) is 0 Å². The average Bonchev–Trinajstić information content (AvgIpc) is 3.59. The van der Waals surface area contributed by atoms with Crippen LogP contribution in [0.5, 0.6) is 0 Å². The molecule has 0 amide bonds. The van der Waals surface area contributed by atoms with E-state index in [9.17, 15) is 0 Å². The maximum absolute atomic E-state index is 4.22. The quantitative estimate of drug-likeness (QED) is 0.295. The summed E-state index contributed by atoms with van der Waals surface area (Å²) in [6.07, 6.45) is 2.88. The Morgan fingerprint density at radius 1 is 0.484 bits per heavy atom. The standard InChI is InChI=1S/2C12H9N.C2H2N2O/c2*1-3-7-11-9(5-1)10-6-2-4-8-12(10)13-11;1-2-5-4-3-1/h2*1-8,13H;1-2H. The molecule has 7 rings (SSSR count). The summed E-state index contributed by atoms with van der Waals surface area (Å²) in [5.41, 5.74) is 4.85. The van der Waals surface area contributed by atoms with Crippen LogP contribution in [0.2, 0.25) is 0 Å². The number of nitrogens with zero attached hydrogens (tertiary/aromatic N) is 2. The lowest BCUT2D eigenvalue weighted by molar-refractivity contribution is 0.393. The number of aromatic amines is 2. The molecule has 2 N–H and O–H groups in total. The van der Waals surface area contributed by atoms with Crippen molar-refractivity contribution in [1.29, 1.82) is 0 Å². The van der Waals surface area contributed by atoms with Gasteiger partial charge in [-0.2, -0.15) is 0 Å². The zero-order valence-electron chi connectivity index (χ0n) is 16.7. The first-order valence-corrected chi connectivity index (χ1v) is 10.0. The van der Waals surface area contributed by atoms with E-state index in [0.29, 0.717) is 0 Å². The van der Waals surface area contributed by atoms with Crippen molar-refractivity contribution < 1.29 is 4.52 Å². The number of aromatic nitrogens is 4. The van der Waals surface area contributed by atoms with Gasteiger partial charge in [0.1, 0.15) is 6.26 Å². The molecule has 0 aliphatic carbocycles. The van der Waals surface area contributed by atoms with Gasteiger partial charge in [-0.15, -0.1) is 5.10 Å². The molecule has 5 nitrogen and oxygen atoms in total. The molecule has 4 aromatic carbocycles. The normalized spacial score (nSPS) is 10.6. The highest BCUT2D eigenvalue weighted by Gasteiger charge is 2.01. The minimum absolute atomic E-state index is 1.21. The molecule has 150 valence electrons. The largest absolute Gasteiger partial charge is 0.355 e. The van der Waals surface area contributed by atoms with Gasteiger partial charge in [0, 0.05) is 48.9 Å². The topological polar surface area (TPSA) is 70.5 Å². The molecular formula is C26H20N4O. The summed E-state index contributed by atoms with van der Waals surface area (Å²) in [4.78, 5) is 6.76. The Morgan fingerprint density at radius 3 is 1.10 bits per heavy atom. The van der Waals surface area contributed by atoms with Gasteiger partial charge < -0.3 is 14.5 Å². The van der Waals surface area contributed by atoms with Gasteiger partial charge in [-0.3, -0.25) is 0 Å². The first kappa shape index (κ1) is 18.6. The third-order valence-electron chi connectivity index (χ3n) is 5.11. The summed E-state index contributed by atoms with van der Waals surface area (Å²) in [6.45, 7) is 0. The van der Waals surface area contributed by atoms with E-state index < -0.39 is 0 Å². The fourth-order valence-corrected chi connectivity index (χ4v) is 3.73. The third-order valence-corrected chi connectivity index (χ3v) is 5.11. The molecule has 0 saturated carbocycles. The molecule has 3 aromatic heterocycles. The molecule has 0 aliphatic rings. The van der Waals surface area contributed by atoms with E-state index in [4.69, 9.17) is 0 Å². The highest BCUT2D eigenvalue weighted by molar-refractivity contribution is 6.07. The van der Waals surface area contributed by atoms with Gasteiger partial charge in [0.2, 0.25) is 0 Å². The van der Waals surface area contributed by atoms with Crippen LogP contribution in [0.4, 0.5) is 0 Å². The smallest absolute Gasteiger partial charge is 0.144 e. The number of hydrogen-bond acceptors (Lipinski definition) is 3. The number of H-pyrrole nitrogens is 2. The molecule has 5 heteroatoms. The lowest BCUT2D eigenvalue weighted by Gasteiger charge is -1.87. The number of fused-ring (bicyclic) bond motifs is 6. The summed E-state index contributed by atoms with van der Waals surface area (Å²) in [6, 6.07) is 33.5. The van der Waals surface area contributed by atoms with Crippen LogP contribution in [0.15, 0.2) is 114 Å². The van der Waals surface area contributed by atoms with E-state index in [2.05, 4.69) is 122 Å². The molecule has 0 spiro atoms. The molecule has 3 heterocycles. The van der Waals surface area contributed by atoms with E-state index in [1.807, 2.05) is 0 Å². The van der Waals surface area contributed by atoms with Crippen LogP contribution in [0.3, 0.4) is 0 Å². The predicted octanol–water partition coefficient (Wildman–Crippen LogP) is 6.71. The SMILES string of the molecule is c1ccc2c(c1)[nH]c1ccccc12.c1ccc2c(c1)[nH]c1ccccc12.c1conn1. The third kappa shape index (κ3) is 3.89. The first-order valence-electron chi connectivity index (χ1n) is 10.0. The van der Waals surface area contributed by atoms with Crippen LogP contribution in [0, 0.1) is 0 Å². The Bertz CT molecular complexity index is 1320. The molecule has 0 unspecified atom stereocenters. The molecule has 31 heavy (non-hydrogen) atoms. The van der Waals surface area contributed by atoms with Crippen molar-refractivity contribution in [2.75, 3.05) is 0 Å². The van der Waals surface area contributed by atoms with Crippen molar-refractivity contribution in [2.45, 2.75) is 0 Å². The monoisotopic (exact) mass is 404 g/mol. The van der Waals surface area contributed by atoms with E-state index >= 15 is 0 Å². The van der Waals surface area contributed by atoms with E-state index in [1.165, 1.54) is 56.1 Å². The maximum atomic E-state index is 4.22. The van der Waals surface area contributed by atoms with Crippen molar-refractivity contribution in [3.05, 3.63) is 110 Å². The minimum Gasteiger partial charge on any atom is -0.355 e. The Balaban J connectivity index is 0.000000108. The number of rotatable bonds is 0. The minimum atomic E-state index is 1.21. The van der Waals surface area contributed by atoms with Gasteiger partial charge in [-0.1, -0.05) is 72.8 Å². The van der Waals surface area contributed by atoms with Gasteiger partial charge in [-0.25, -0.2) is 0 Å². The Kier molecular flexibility index (Phi) is 5.14. The Labute approximate surface area is 178 Å². The average molecular weight is 404 g/mol. The molecule has 0 saturated heterocycles. The molecular weight excluding hydrogens is 384 g/mol. The summed E-state index contributed by atoms with van der Waals surface area (Å²) in [7, 11) is 0.